The van der Waals surface area contributed by atoms with Crippen molar-refractivity contribution < 1.29 is 23.5 Å². The number of esters is 1. The molecule has 1 aliphatic heterocycles. The van der Waals surface area contributed by atoms with E-state index in [1.54, 1.807) is 6.07 Å². The molecule has 1 aromatic heterocycles. The van der Waals surface area contributed by atoms with Crippen molar-refractivity contribution in [1.82, 2.24) is 14.4 Å². The summed E-state index contributed by atoms with van der Waals surface area (Å²) in [7, 11) is 0. The van der Waals surface area contributed by atoms with Crippen LogP contribution < -0.4 is 5.32 Å². The first kappa shape index (κ1) is 32.5. The topological polar surface area (TPSA) is 76.0 Å². The summed E-state index contributed by atoms with van der Waals surface area (Å²) in [6.45, 7) is 19.1. The van der Waals surface area contributed by atoms with Gasteiger partial charge in [0.15, 0.2) is 6.79 Å². The predicted octanol–water partition coefficient (Wildman–Crippen LogP) is 6.05. The molecule has 1 fully saturated rings. The van der Waals surface area contributed by atoms with Gasteiger partial charge in [-0.1, -0.05) is 13.0 Å². The van der Waals surface area contributed by atoms with E-state index >= 15 is 0 Å². The van der Waals surface area contributed by atoms with Crippen LogP contribution in [0.1, 0.15) is 66.9 Å². The maximum atomic E-state index is 13.8. The largest absolute Gasteiger partial charge is 0.438 e. The Bertz CT molecular complexity index is 1450. The predicted molar refractivity (Wildman–Crippen MR) is 169 cm³/mol. The molecule has 4 rings (SSSR count). The first-order valence-electron chi connectivity index (χ1n) is 15.3. The Morgan fingerprint density at radius 1 is 1.00 bits per heavy atom. The van der Waals surface area contributed by atoms with Crippen LogP contribution in [0.15, 0.2) is 30.3 Å². The van der Waals surface area contributed by atoms with Crippen molar-refractivity contribution in [3.63, 3.8) is 0 Å². The Hall–Kier alpha value is -3.43. The van der Waals surface area contributed by atoms with Crippen LogP contribution in [0.4, 0.5) is 10.1 Å². The molecule has 0 spiro atoms. The summed E-state index contributed by atoms with van der Waals surface area (Å²) in [6, 6.07) is 8.87. The zero-order valence-corrected chi connectivity index (χ0v) is 26.8. The van der Waals surface area contributed by atoms with Crippen molar-refractivity contribution >= 4 is 28.5 Å². The van der Waals surface area contributed by atoms with Crippen molar-refractivity contribution in [3.8, 4) is 0 Å². The Morgan fingerprint density at radius 3 is 2.37 bits per heavy atom. The van der Waals surface area contributed by atoms with E-state index in [4.69, 9.17) is 9.47 Å². The van der Waals surface area contributed by atoms with E-state index in [1.807, 2.05) is 50.8 Å². The number of nitrogens with one attached hydrogen (secondary N) is 1. The fourth-order valence-corrected chi connectivity index (χ4v) is 5.51. The molecule has 1 aliphatic rings. The van der Waals surface area contributed by atoms with E-state index in [0.717, 1.165) is 53.8 Å². The summed E-state index contributed by atoms with van der Waals surface area (Å²) in [5.41, 5.74) is 6.42. The second kappa shape index (κ2) is 13.9. The Morgan fingerprint density at radius 2 is 1.72 bits per heavy atom. The van der Waals surface area contributed by atoms with E-state index in [0.29, 0.717) is 38.3 Å². The van der Waals surface area contributed by atoms with Crippen LogP contribution in [0.3, 0.4) is 0 Å². The lowest BCUT2D eigenvalue weighted by Gasteiger charge is -2.34. The van der Waals surface area contributed by atoms with Gasteiger partial charge in [-0.25, -0.2) is 4.39 Å². The van der Waals surface area contributed by atoms with Gasteiger partial charge in [0.25, 0.3) is 5.91 Å². The third-order valence-corrected chi connectivity index (χ3v) is 8.30. The Balaban J connectivity index is 1.44. The lowest BCUT2D eigenvalue weighted by molar-refractivity contribution is -0.166. The summed E-state index contributed by atoms with van der Waals surface area (Å²) >= 11 is 0. The van der Waals surface area contributed by atoms with E-state index in [2.05, 4.69) is 35.6 Å². The quantitative estimate of drug-likeness (QED) is 0.166. The van der Waals surface area contributed by atoms with Gasteiger partial charge in [0.1, 0.15) is 5.82 Å². The van der Waals surface area contributed by atoms with Gasteiger partial charge in [-0.05, 0) is 88.9 Å². The number of fused-ring (bicyclic) bond motifs is 1. The molecule has 0 radical (unpaired) electrons. The molecule has 1 amide bonds. The molecule has 234 valence electrons. The third kappa shape index (κ3) is 7.75. The number of piperazine rings is 1. The van der Waals surface area contributed by atoms with Crippen LogP contribution in [0.5, 0.6) is 0 Å². The summed E-state index contributed by atoms with van der Waals surface area (Å²) in [5.74, 6) is -0.504. The van der Waals surface area contributed by atoms with Gasteiger partial charge < -0.3 is 24.3 Å². The fraction of sp³-hybridized carbons (Fsp3) is 0.529. The lowest BCUT2D eigenvalue weighted by atomic mass is 9.98. The number of carbonyl (C=O) groups excluding carboxylic acids is 2. The van der Waals surface area contributed by atoms with Crippen LogP contribution in [0.2, 0.25) is 0 Å². The highest BCUT2D eigenvalue weighted by atomic mass is 19.1. The minimum atomic E-state index is -0.549. The number of hydrogen-bond acceptors (Lipinski definition) is 6. The molecule has 0 atom stereocenters. The van der Waals surface area contributed by atoms with Gasteiger partial charge in [-0.3, -0.25) is 14.5 Å². The van der Waals surface area contributed by atoms with E-state index in [9.17, 15) is 14.0 Å². The number of halogens is 1. The average molecular weight is 595 g/mol. The molecule has 8 nitrogen and oxygen atoms in total. The van der Waals surface area contributed by atoms with Gasteiger partial charge in [-0.2, -0.15) is 0 Å². The molecule has 1 saturated heterocycles. The molecule has 0 saturated carbocycles. The van der Waals surface area contributed by atoms with E-state index < -0.39 is 5.41 Å². The van der Waals surface area contributed by atoms with Crippen LogP contribution in [0.25, 0.3) is 10.9 Å². The second-order valence-electron chi connectivity index (χ2n) is 12.5. The van der Waals surface area contributed by atoms with Gasteiger partial charge in [0.05, 0.1) is 23.2 Å². The number of benzene rings is 2. The summed E-state index contributed by atoms with van der Waals surface area (Å²) in [5, 5.41) is 4.67. The van der Waals surface area contributed by atoms with Crippen molar-refractivity contribution in [1.29, 1.82) is 0 Å². The molecular formula is C34H47FN4O4. The van der Waals surface area contributed by atoms with Gasteiger partial charge in [0, 0.05) is 62.5 Å². The molecule has 0 aliphatic carbocycles. The molecule has 1 N–H and O–H groups in total. The van der Waals surface area contributed by atoms with Gasteiger partial charge >= 0.3 is 5.97 Å². The van der Waals surface area contributed by atoms with Crippen LogP contribution in [0, 0.1) is 32.0 Å². The van der Waals surface area contributed by atoms with Gasteiger partial charge in [-0.15, -0.1) is 0 Å². The highest BCUT2D eigenvalue weighted by Gasteiger charge is 2.25. The van der Waals surface area contributed by atoms with E-state index in [1.165, 1.54) is 17.3 Å². The molecule has 2 heterocycles. The SMILES string of the molecule is CCCn1c(C)c(C)c2cc(C(=O)N3CCN(CCOCOC(=O)C(C)(C)C)CC3)cc(NCc3ccc(F)cc3C)c21. The monoisotopic (exact) mass is 594 g/mol. The maximum Gasteiger partial charge on any atom is 0.313 e. The molecule has 2 aromatic carbocycles. The number of hydrogen-bond donors (Lipinski definition) is 1. The maximum absolute atomic E-state index is 13.8. The highest BCUT2D eigenvalue weighted by Crippen LogP contribution is 2.34. The van der Waals surface area contributed by atoms with Crippen LogP contribution in [-0.4, -0.2) is 72.4 Å². The van der Waals surface area contributed by atoms with Crippen molar-refractivity contribution in [3.05, 3.63) is 64.1 Å². The second-order valence-corrected chi connectivity index (χ2v) is 12.5. The third-order valence-electron chi connectivity index (χ3n) is 8.30. The molecule has 43 heavy (non-hydrogen) atoms. The zero-order valence-electron chi connectivity index (χ0n) is 26.8. The van der Waals surface area contributed by atoms with Gasteiger partial charge in [0.2, 0.25) is 0 Å². The molecule has 9 heteroatoms. The number of nitrogens with zero attached hydrogens (tertiary/aromatic N) is 3. The standard InChI is InChI=1S/C34H47FN4O4/c1-8-11-39-25(4)24(3)29-19-27(20-30(31(29)39)36-21-26-9-10-28(35)18-23(26)2)32(40)38-14-12-37(13-15-38)16-17-42-22-43-33(41)34(5,6)7/h9-10,18-20,36H,8,11-17,21-22H2,1-7H3. The Labute approximate surface area is 255 Å². The lowest BCUT2D eigenvalue weighted by Crippen LogP contribution is -2.49. The number of anilines is 1. The minimum absolute atomic E-state index is 0.0215. The summed E-state index contributed by atoms with van der Waals surface area (Å²) in [4.78, 5) is 29.8. The smallest absolute Gasteiger partial charge is 0.313 e. The molecule has 0 unspecified atom stereocenters. The molecule has 3 aromatic rings. The number of aromatic nitrogens is 1. The number of aryl methyl sites for hydroxylation is 3. The summed E-state index contributed by atoms with van der Waals surface area (Å²) < 4.78 is 26.7. The molecule has 0 bridgehead atoms. The van der Waals surface area contributed by atoms with Crippen molar-refractivity contribution in [2.45, 2.75) is 68.0 Å². The zero-order chi connectivity index (χ0) is 31.3. The number of rotatable bonds is 11. The van der Waals surface area contributed by atoms with Crippen LogP contribution in [-0.2, 0) is 27.4 Å². The van der Waals surface area contributed by atoms with Crippen molar-refractivity contribution in [2.75, 3.05) is 51.4 Å². The minimum Gasteiger partial charge on any atom is -0.438 e. The first-order valence-corrected chi connectivity index (χ1v) is 15.3. The summed E-state index contributed by atoms with van der Waals surface area (Å²) in [6.07, 6.45) is 0.999. The number of amides is 1. The fourth-order valence-electron chi connectivity index (χ4n) is 5.51. The highest BCUT2D eigenvalue weighted by molar-refractivity contribution is 6.04. The molecular weight excluding hydrogens is 547 g/mol. The van der Waals surface area contributed by atoms with E-state index in [-0.39, 0.29) is 24.5 Å². The Kier molecular flexibility index (Phi) is 10.5. The average Bonchev–Trinajstić information content (AvgIpc) is 3.20. The van der Waals surface area contributed by atoms with Crippen molar-refractivity contribution in [2.24, 2.45) is 5.41 Å². The number of ether oxygens (including phenoxy) is 2. The first-order chi connectivity index (χ1) is 20.4. The number of carbonyl (C=O) groups is 2. The van der Waals surface area contributed by atoms with Crippen LogP contribution >= 0.6 is 0 Å². The normalized spacial score (nSPS) is 14.4.